The van der Waals surface area contributed by atoms with Gasteiger partial charge < -0.3 is 10.1 Å². The van der Waals surface area contributed by atoms with Crippen LogP contribution >= 0.6 is 12.4 Å². The Balaban J connectivity index is 0.00000243. The summed E-state index contributed by atoms with van der Waals surface area (Å²) in [5, 5.41) is 7.26. The Hall–Kier alpha value is -1.52. The molecule has 7 nitrogen and oxygen atoms in total. The van der Waals surface area contributed by atoms with Gasteiger partial charge in [-0.2, -0.15) is 9.40 Å². The minimum absolute atomic E-state index is 0. The molecule has 1 aromatic carbocycles. The third-order valence-corrected chi connectivity index (χ3v) is 6.03. The number of halogens is 2. The summed E-state index contributed by atoms with van der Waals surface area (Å²) in [6.45, 7) is 2.21. The van der Waals surface area contributed by atoms with E-state index in [0.717, 1.165) is 0 Å². The zero-order chi connectivity index (χ0) is 17.9. The third-order valence-electron chi connectivity index (χ3n) is 4.17. The number of nitrogens with one attached hydrogen (secondary N) is 1. The van der Waals surface area contributed by atoms with Crippen molar-refractivity contribution in [2.75, 3.05) is 33.4 Å². The van der Waals surface area contributed by atoms with E-state index in [9.17, 15) is 12.8 Å². The molecule has 2 aromatic rings. The van der Waals surface area contributed by atoms with Gasteiger partial charge in [0, 0.05) is 32.9 Å². The molecule has 1 aromatic heterocycles. The van der Waals surface area contributed by atoms with Crippen LogP contribution in [0.3, 0.4) is 0 Å². The van der Waals surface area contributed by atoms with Crippen LogP contribution in [0.25, 0.3) is 0 Å². The van der Waals surface area contributed by atoms with Gasteiger partial charge in [0.05, 0.1) is 25.4 Å². The second kappa shape index (κ2) is 8.92. The molecular weight excluding hydrogens is 383 g/mol. The fraction of sp³-hybridized carbons (Fsp3) is 0.438. The van der Waals surface area contributed by atoms with Crippen LogP contribution in [0.2, 0.25) is 0 Å². The molecule has 3 rings (SSSR count). The Labute approximate surface area is 158 Å². The summed E-state index contributed by atoms with van der Waals surface area (Å²) in [6, 6.07) is 5.59. The summed E-state index contributed by atoms with van der Waals surface area (Å²) >= 11 is 0. The van der Waals surface area contributed by atoms with Crippen LogP contribution in [0.4, 0.5) is 4.39 Å². The van der Waals surface area contributed by atoms with Crippen molar-refractivity contribution in [3.05, 3.63) is 48.0 Å². The Morgan fingerprint density at radius 1 is 1.42 bits per heavy atom. The molecule has 144 valence electrons. The Morgan fingerprint density at radius 3 is 2.96 bits per heavy atom. The summed E-state index contributed by atoms with van der Waals surface area (Å²) in [5.41, 5.74) is 0.627. The fourth-order valence-electron chi connectivity index (χ4n) is 2.89. The SMILES string of the molecule is COCCn1cc(S(=O)(=O)N2CCNCC2c2cccc(F)c2)cn1.Cl. The number of hydrogen-bond donors (Lipinski definition) is 1. The van der Waals surface area contributed by atoms with Gasteiger partial charge in [-0.25, -0.2) is 12.8 Å². The largest absolute Gasteiger partial charge is 0.383 e. The van der Waals surface area contributed by atoms with E-state index in [0.29, 0.717) is 38.3 Å². The molecule has 1 fully saturated rings. The van der Waals surface area contributed by atoms with Crippen LogP contribution in [0.5, 0.6) is 0 Å². The van der Waals surface area contributed by atoms with Gasteiger partial charge in [0.25, 0.3) is 0 Å². The van der Waals surface area contributed by atoms with Gasteiger partial charge in [-0.3, -0.25) is 4.68 Å². The Morgan fingerprint density at radius 2 is 2.23 bits per heavy atom. The first-order valence-electron chi connectivity index (χ1n) is 8.02. The molecule has 26 heavy (non-hydrogen) atoms. The predicted octanol–water partition coefficient (Wildman–Crippen LogP) is 1.43. The lowest BCUT2D eigenvalue weighted by molar-refractivity contribution is 0.183. The molecule has 0 radical (unpaired) electrons. The average molecular weight is 405 g/mol. The van der Waals surface area contributed by atoms with Crippen molar-refractivity contribution in [3.63, 3.8) is 0 Å². The van der Waals surface area contributed by atoms with Crippen molar-refractivity contribution < 1.29 is 17.5 Å². The van der Waals surface area contributed by atoms with Gasteiger partial charge >= 0.3 is 0 Å². The molecule has 1 unspecified atom stereocenters. The summed E-state index contributed by atoms with van der Waals surface area (Å²) in [7, 11) is -2.15. The third kappa shape index (κ3) is 4.41. The molecule has 1 N–H and O–H groups in total. The summed E-state index contributed by atoms with van der Waals surface area (Å²) < 4.78 is 47.6. The molecule has 1 saturated heterocycles. The topological polar surface area (TPSA) is 76.5 Å². The van der Waals surface area contributed by atoms with Crippen molar-refractivity contribution in [1.29, 1.82) is 0 Å². The molecule has 1 aliphatic rings. The molecule has 0 bridgehead atoms. The van der Waals surface area contributed by atoms with Crippen molar-refractivity contribution in [1.82, 2.24) is 19.4 Å². The van der Waals surface area contributed by atoms with Crippen LogP contribution < -0.4 is 5.32 Å². The van der Waals surface area contributed by atoms with E-state index >= 15 is 0 Å². The molecular formula is C16H22ClFN4O3S. The van der Waals surface area contributed by atoms with Gasteiger partial charge in [-0.1, -0.05) is 12.1 Å². The second-order valence-corrected chi connectivity index (χ2v) is 7.71. The fourth-order valence-corrected chi connectivity index (χ4v) is 4.46. The maximum atomic E-state index is 13.6. The minimum Gasteiger partial charge on any atom is -0.383 e. The van der Waals surface area contributed by atoms with E-state index in [-0.39, 0.29) is 23.1 Å². The number of aromatic nitrogens is 2. The number of hydrogen-bond acceptors (Lipinski definition) is 5. The molecule has 0 aliphatic carbocycles. The summed E-state index contributed by atoms with van der Waals surface area (Å²) in [5.74, 6) is -0.382. The van der Waals surface area contributed by atoms with Gasteiger partial charge in [0.1, 0.15) is 10.7 Å². The Kier molecular flexibility index (Phi) is 7.13. The van der Waals surface area contributed by atoms with E-state index in [2.05, 4.69) is 10.4 Å². The first kappa shape index (κ1) is 20.8. The number of rotatable bonds is 6. The maximum Gasteiger partial charge on any atom is 0.246 e. The lowest BCUT2D eigenvalue weighted by Crippen LogP contribution is -2.48. The molecule has 0 amide bonds. The molecule has 1 aliphatic heterocycles. The lowest BCUT2D eigenvalue weighted by atomic mass is 10.1. The van der Waals surface area contributed by atoms with Gasteiger partial charge in [0.2, 0.25) is 10.0 Å². The standard InChI is InChI=1S/C16H21FN4O3S.ClH/c1-24-8-7-20-12-15(10-19-20)25(22,23)21-6-5-18-11-16(21)13-3-2-4-14(17)9-13;/h2-4,9-10,12,16,18H,5-8,11H2,1H3;1H. The van der Waals surface area contributed by atoms with Gasteiger partial charge in [0.15, 0.2) is 0 Å². The molecule has 10 heteroatoms. The highest BCUT2D eigenvalue weighted by molar-refractivity contribution is 7.89. The number of benzene rings is 1. The quantitative estimate of drug-likeness (QED) is 0.788. The van der Waals surface area contributed by atoms with Gasteiger partial charge in [-0.05, 0) is 17.7 Å². The van der Waals surface area contributed by atoms with E-state index in [4.69, 9.17) is 4.74 Å². The molecule has 0 spiro atoms. The van der Waals surface area contributed by atoms with Crippen LogP contribution in [-0.4, -0.2) is 55.9 Å². The summed E-state index contributed by atoms with van der Waals surface area (Å²) in [4.78, 5) is 0.131. The first-order valence-corrected chi connectivity index (χ1v) is 9.46. The first-order chi connectivity index (χ1) is 12.0. The zero-order valence-corrected chi connectivity index (χ0v) is 16.0. The number of sulfonamides is 1. The van der Waals surface area contributed by atoms with E-state index in [1.165, 1.54) is 33.5 Å². The lowest BCUT2D eigenvalue weighted by Gasteiger charge is -2.35. The smallest absolute Gasteiger partial charge is 0.246 e. The van der Waals surface area contributed by atoms with Crippen LogP contribution in [0.15, 0.2) is 41.6 Å². The highest BCUT2D eigenvalue weighted by Gasteiger charge is 2.35. The highest BCUT2D eigenvalue weighted by atomic mass is 35.5. The van der Waals surface area contributed by atoms with Crippen LogP contribution in [-0.2, 0) is 21.3 Å². The van der Waals surface area contributed by atoms with Crippen molar-refractivity contribution in [2.24, 2.45) is 0 Å². The zero-order valence-electron chi connectivity index (χ0n) is 14.3. The molecule has 1 atom stereocenters. The van der Waals surface area contributed by atoms with E-state index in [1.54, 1.807) is 19.2 Å². The second-order valence-electron chi connectivity index (χ2n) is 5.82. The van der Waals surface area contributed by atoms with Crippen LogP contribution in [0.1, 0.15) is 11.6 Å². The highest BCUT2D eigenvalue weighted by Crippen LogP contribution is 2.29. The van der Waals surface area contributed by atoms with Crippen LogP contribution in [0, 0.1) is 5.82 Å². The average Bonchev–Trinajstić information content (AvgIpc) is 3.10. The van der Waals surface area contributed by atoms with Crippen molar-refractivity contribution in [2.45, 2.75) is 17.5 Å². The number of nitrogens with zero attached hydrogens (tertiary/aromatic N) is 3. The normalized spacial score (nSPS) is 18.5. The van der Waals surface area contributed by atoms with E-state index in [1.807, 2.05) is 0 Å². The maximum absolute atomic E-state index is 13.6. The van der Waals surface area contributed by atoms with Gasteiger partial charge in [-0.15, -0.1) is 12.4 Å². The monoisotopic (exact) mass is 404 g/mol. The number of methoxy groups -OCH3 is 1. The molecule has 2 heterocycles. The van der Waals surface area contributed by atoms with Crippen molar-refractivity contribution in [3.8, 4) is 0 Å². The Bertz CT molecular complexity index is 830. The predicted molar refractivity (Wildman–Crippen MR) is 97.3 cm³/mol. The number of ether oxygens (including phenoxy) is 1. The molecule has 0 saturated carbocycles. The number of piperazine rings is 1. The van der Waals surface area contributed by atoms with Crippen molar-refractivity contribution >= 4 is 22.4 Å². The van der Waals surface area contributed by atoms with E-state index < -0.39 is 16.1 Å². The summed E-state index contributed by atoms with van der Waals surface area (Å²) in [6.07, 6.45) is 2.84. The minimum atomic E-state index is -3.73.